The molecular formula is C16H28IN3O2S. The number of halogens is 1. The van der Waals surface area contributed by atoms with Gasteiger partial charge in [-0.1, -0.05) is 36.8 Å². The number of nitrogens with zero attached hydrogens (tertiary/aromatic N) is 1. The van der Waals surface area contributed by atoms with Gasteiger partial charge in [0.25, 0.3) is 0 Å². The molecule has 0 fully saturated rings. The summed E-state index contributed by atoms with van der Waals surface area (Å²) in [7, 11) is -2.96. The van der Waals surface area contributed by atoms with E-state index >= 15 is 0 Å². The summed E-state index contributed by atoms with van der Waals surface area (Å²) >= 11 is 0. The molecule has 23 heavy (non-hydrogen) atoms. The Morgan fingerprint density at radius 3 is 2.57 bits per heavy atom. The Morgan fingerprint density at radius 2 is 2.00 bits per heavy atom. The average molecular weight is 453 g/mol. The number of sulfone groups is 1. The Kier molecular flexibility index (Phi) is 10.5. The van der Waals surface area contributed by atoms with Crippen LogP contribution in [0.4, 0.5) is 0 Å². The van der Waals surface area contributed by atoms with E-state index in [0.29, 0.717) is 25.0 Å². The monoisotopic (exact) mass is 453 g/mol. The summed E-state index contributed by atoms with van der Waals surface area (Å²) in [4.78, 5) is 4.54. The number of guanidine groups is 1. The Morgan fingerprint density at radius 1 is 1.30 bits per heavy atom. The van der Waals surface area contributed by atoms with E-state index in [1.807, 2.05) is 6.92 Å². The Hall–Kier alpha value is -0.830. The van der Waals surface area contributed by atoms with E-state index in [1.54, 1.807) is 0 Å². The number of benzene rings is 1. The van der Waals surface area contributed by atoms with Crippen LogP contribution in [-0.4, -0.2) is 46.0 Å². The molecule has 7 heteroatoms. The van der Waals surface area contributed by atoms with Crippen molar-refractivity contribution in [1.29, 1.82) is 0 Å². The van der Waals surface area contributed by atoms with Gasteiger partial charge < -0.3 is 10.6 Å². The molecule has 0 aliphatic carbocycles. The first kappa shape index (κ1) is 22.2. The van der Waals surface area contributed by atoms with Crippen molar-refractivity contribution in [3.8, 4) is 0 Å². The molecule has 0 bridgehead atoms. The smallest absolute Gasteiger partial charge is 0.191 e. The fourth-order valence-electron chi connectivity index (χ4n) is 2.01. The minimum absolute atomic E-state index is 0. The lowest BCUT2D eigenvalue weighted by atomic mass is 10.00. The molecule has 0 heterocycles. The van der Waals surface area contributed by atoms with Crippen molar-refractivity contribution in [2.45, 2.75) is 26.7 Å². The van der Waals surface area contributed by atoms with E-state index in [-0.39, 0.29) is 29.7 Å². The molecule has 0 spiro atoms. The fraction of sp³-hybridized carbons (Fsp3) is 0.562. The maximum Gasteiger partial charge on any atom is 0.191 e. The predicted octanol–water partition coefficient (Wildman–Crippen LogP) is 2.32. The number of nitrogens with one attached hydrogen (secondary N) is 2. The Balaban J connectivity index is 0.00000484. The van der Waals surface area contributed by atoms with Crippen LogP contribution >= 0.6 is 24.0 Å². The van der Waals surface area contributed by atoms with Crippen LogP contribution in [0.5, 0.6) is 0 Å². The van der Waals surface area contributed by atoms with Gasteiger partial charge in [-0.2, -0.15) is 0 Å². The van der Waals surface area contributed by atoms with Crippen molar-refractivity contribution in [3.63, 3.8) is 0 Å². The minimum Gasteiger partial charge on any atom is -0.357 e. The first-order valence-electron chi connectivity index (χ1n) is 7.58. The lowest BCUT2D eigenvalue weighted by Gasteiger charge is -2.14. The van der Waals surface area contributed by atoms with E-state index in [0.717, 1.165) is 6.54 Å². The number of hydrogen-bond acceptors (Lipinski definition) is 3. The molecule has 0 aromatic heterocycles. The van der Waals surface area contributed by atoms with Crippen molar-refractivity contribution in [2.24, 2.45) is 4.99 Å². The summed E-state index contributed by atoms with van der Waals surface area (Å²) in [5, 5.41) is 6.19. The number of rotatable bonds is 7. The maximum atomic E-state index is 11.2. The summed E-state index contributed by atoms with van der Waals surface area (Å²) in [6.45, 7) is 7.96. The zero-order chi connectivity index (χ0) is 16.6. The van der Waals surface area contributed by atoms with Gasteiger partial charge in [-0.15, -0.1) is 24.0 Å². The molecule has 0 amide bonds. The highest BCUT2D eigenvalue weighted by Crippen LogP contribution is 2.16. The van der Waals surface area contributed by atoms with Crippen molar-refractivity contribution >= 4 is 39.8 Å². The molecule has 1 rings (SSSR count). The first-order chi connectivity index (χ1) is 10.3. The second-order valence-corrected chi connectivity index (χ2v) is 7.85. The third kappa shape index (κ3) is 9.80. The lowest BCUT2D eigenvalue weighted by Crippen LogP contribution is -2.39. The van der Waals surface area contributed by atoms with Crippen LogP contribution in [-0.2, 0) is 9.84 Å². The minimum atomic E-state index is -2.96. The van der Waals surface area contributed by atoms with Crippen LogP contribution in [0.1, 0.15) is 30.9 Å². The largest absolute Gasteiger partial charge is 0.357 e. The molecular weight excluding hydrogens is 425 g/mol. The van der Waals surface area contributed by atoms with Crippen molar-refractivity contribution in [3.05, 3.63) is 35.4 Å². The van der Waals surface area contributed by atoms with Gasteiger partial charge in [0.2, 0.25) is 0 Å². The SMILES string of the molecule is CCNC(=NCC(C)c1cccc(C)c1)NCCS(C)(=O)=O.I. The molecule has 0 aliphatic heterocycles. The molecule has 1 aromatic rings. The zero-order valence-corrected chi connectivity index (χ0v) is 17.4. The highest BCUT2D eigenvalue weighted by atomic mass is 127. The molecule has 1 unspecified atom stereocenters. The van der Waals surface area contributed by atoms with Gasteiger partial charge in [-0.25, -0.2) is 8.42 Å². The second kappa shape index (κ2) is 10.9. The molecule has 0 aliphatic rings. The Labute approximate surface area is 157 Å². The van der Waals surface area contributed by atoms with Gasteiger partial charge >= 0.3 is 0 Å². The van der Waals surface area contributed by atoms with E-state index in [2.05, 4.69) is 53.7 Å². The Bertz CT molecular complexity index is 603. The van der Waals surface area contributed by atoms with Crippen molar-refractivity contribution < 1.29 is 8.42 Å². The van der Waals surface area contributed by atoms with Crippen molar-refractivity contribution in [1.82, 2.24) is 10.6 Å². The van der Waals surface area contributed by atoms with E-state index in [4.69, 9.17) is 0 Å². The fourth-order valence-corrected chi connectivity index (χ4v) is 2.48. The molecule has 0 radical (unpaired) electrons. The second-order valence-electron chi connectivity index (χ2n) is 5.59. The molecule has 1 aromatic carbocycles. The number of aliphatic imine (C=N–C) groups is 1. The highest BCUT2D eigenvalue weighted by molar-refractivity contribution is 14.0. The van der Waals surface area contributed by atoms with Crippen LogP contribution in [0.3, 0.4) is 0 Å². The summed E-state index contributed by atoms with van der Waals surface area (Å²) in [6, 6.07) is 8.41. The quantitative estimate of drug-likeness (QED) is 0.378. The third-order valence-electron chi connectivity index (χ3n) is 3.24. The summed E-state index contributed by atoms with van der Waals surface area (Å²) in [5.74, 6) is 1.07. The van der Waals surface area contributed by atoms with Crippen LogP contribution in [0.25, 0.3) is 0 Å². The zero-order valence-electron chi connectivity index (χ0n) is 14.3. The number of hydrogen-bond donors (Lipinski definition) is 2. The van der Waals surface area contributed by atoms with E-state index in [1.165, 1.54) is 17.4 Å². The van der Waals surface area contributed by atoms with Crippen LogP contribution in [0.15, 0.2) is 29.3 Å². The van der Waals surface area contributed by atoms with Crippen LogP contribution < -0.4 is 10.6 Å². The average Bonchev–Trinajstić information content (AvgIpc) is 2.43. The summed E-state index contributed by atoms with van der Waals surface area (Å²) in [6.07, 6.45) is 1.23. The van der Waals surface area contributed by atoms with Gasteiger partial charge in [0.05, 0.1) is 5.75 Å². The van der Waals surface area contributed by atoms with Crippen LogP contribution in [0.2, 0.25) is 0 Å². The maximum absolute atomic E-state index is 11.2. The molecule has 1 atom stereocenters. The normalized spacial score (nSPS) is 13.1. The predicted molar refractivity (Wildman–Crippen MR) is 109 cm³/mol. The van der Waals surface area contributed by atoms with Gasteiger partial charge in [-0.3, -0.25) is 4.99 Å². The molecule has 2 N–H and O–H groups in total. The van der Waals surface area contributed by atoms with Gasteiger partial charge in [0.1, 0.15) is 9.84 Å². The molecule has 132 valence electrons. The summed E-state index contributed by atoms with van der Waals surface area (Å²) in [5.41, 5.74) is 2.50. The van der Waals surface area contributed by atoms with Gasteiger partial charge in [0, 0.05) is 31.8 Å². The number of aryl methyl sites for hydroxylation is 1. The standard InChI is InChI=1S/C16H27N3O2S.HI/c1-5-17-16(18-9-10-22(4,20)21)19-12-14(3)15-8-6-7-13(2)11-15;/h6-8,11,14H,5,9-10,12H2,1-4H3,(H2,17,18,19);1H. The van der Waals surface area contributed by atoms with Crippen LogP contribution in [0, 0.1) is 6.92 Å². The van der Waals surface area contributed by atoms with Gasteiger partial charge in [0.15, 0.2) is 5.96 Å². The first-order valence-corrected chi connectivity index (χ1v) is 9.64. The molecule has 0 saturated carbocycles. The van der Waals surface area contributed by atoms with Crippen molar-refractivity contribution in [2.75, 3.05) is 31.6 Å². The molecule has 5 nitrogen and oxygen atoms in total. The lowest BCUT2D eigenvalue weighted by molar-refractivity contribution is 0.600. The topological polar surface area (TPSA) is 70.6 Å². The van der Waals surface area contributed by atoms with Gasteiger partial charge in [-0.05, 0) is 19.4 Å². The summed E-state index contributed by atoms with van der Waals surface area (Å²) < 4.78 is 22.3. The molecule has 0 saturated heterocycles. The third-order valence-corrected chi connectivity index (χ3v) is 4.19. The van der Waals surface area contributed by atoms with E-state index in [9.17, 15) is 8.42 Å². The highest BCUT2D eigenvalue weighted by Gasteiger charge is 2.07. The van der Waals surface area contributed by atoms with E-state index < -0.39 is 9.84 Å².